The Morgan fingerprint density at radius 1 is 1.07 bits per heavy atom. The molecule has 28 heavy (non-hydrogen) atoms. The van der Waals surface area contributed by atoms with Gasteiger partial charge in [0.05, 0.1) is 23.2 Å². The third kappa shape index (κ3) is 4.02. The number of hydrogen-bond donors (Lipinski definition) is 1. The van der Waals surface area contributed by atoms with Crippen LogP contribution in [-0.4, -0.2) is 45.7 Å². The van der Waals surface area contributed by atoms with Gasteiger partial charge >= 0.3 is 0 Å². The van der Waals surface area contributed by atoms with Gasteiger partial charge in [-0.1, -0.05) is 42.5 Å². The van der Waals surface area contributed by atoms with Crippen LogP contribution in [0.2, 0.25) is 0 Å². The first kappa shape index (κ1) is 18.5. The molecule has 1 amide bonds. The molecule has 4 rings (SSSR count). The molecule has 1 saturated heterocycles. The van der Waals surface area contributed by atoms with Gasteiger partial charge in [-0.3, -0.25) is 4.79 Å². The number of carbonyl (C=O) groups excluding carboxylic acids is 1. The second-order valence-corrected chi connectivity index (χ2v) is 7.41. The van der Waals surface area contributed by atoms with Crippen LogP contribution in [0, 0.1) is 0 Å². The van der Waals surface area contributed by atoms with Gasteiger partial charge in [0.15, 0.2) is 0 Å². The Bertz CT molecular complexity index is 944. The number of ether oxygens (including phenoxy) is 1. The largest absolute Gasteiger partial charge is 0.372 e. The highest BCUT2D eigenvalue weighted by molar-refractivity contribution is 5.83. The highest BCUT2D eigenvalue weighted by atomic mass is 16.5. The Labute approximate surface area is 165 Å². The maximum atomic E-state index is 13.0. The quantitative estimate of drug-likeness (QED) is 0.740. The number of fused-ring (bicyclic) bond motifs is 1. The number of carbonyl (C=O) groups is 1. The van der Waals surface area contributed by atoms with Crippen LogP contribution in [0.5, 0.6) is 0 Å². The molecule has 3 aromatic rings. The number of rotatable bonds is 5. The van der Waals surface area contributed by atoms with E-state index in [0.717, 1.165) is 11.0 Å². The van der Waals surface area contributed by atoms with Crippen LogP contribution in [0.1, 0.15) is 19.4 Å². The summed E-state index contributed by atoms with van der Waals surface area (Å²) in [4.78, 5) is 19.6. The van der Waals surface area contributed by atoms with Crippen molar-refractivity contribution in [3.05, 3.63) is 60.2 Å². The van der Waals surface area contributed by atoms with Crippen LogP contribution in [0.15, 0.2) is 54.6 Å². The Kier molecular flexibility index (Phi) is 5.30. The Morgan fingerprint density at radius 3 is 2.50 bits per heavy atom. The molecule has 1 aliphatic heterocycles. The number of morpholine rings is 1. The first-order chi connectivity index (χ1) is 13.6. The molecule has 0 saturated carbocycles. The van der Waals surface area contributed by atoms with Crippen LogP contribution in [0.3, 0.4) is 0 Å². The molecule has 6 heteroatoms. The van der Waals surface area contributed by atoms with E-state index in [4.69, 9.17) is 9.72 Å². The molecule has 146 valence electrons. The lowest BCUT2D eigenvalue weighted by Gasteiger charge is -2.35. The van der Waals surface area contributed by atoms with E-state index in [1.165, 1.54) is 5.56 Å². The maximum Gasteiger partial charge on any atom is 0.242 e. The fourth-order valence-electron chi connectivity index (χ4n) is 3.76. The average Bonchev–Trinajstić information content (AvgIpc) is 3.04. The van der Waals surface area contributed by atoms with Gasteiger partial charge in [0.2, 0.25) is 11.9 Å². The number of hydrogen-bond acceptors (Lipinski definition) is 4. The molecule has 2 atom stereocenters. The van der Waals surface area contributed by atoms with Crippen molar-refractivity contribution in [2.75, 3.05) is 18.4 Å². The fraction of sp³-hybridized carbons (Fsp3) is 0.364. The summed E-state index contributed by atoms with van der Waals surface area (Å²) in [5, 5.41) is 3.40. The van der Waals surface area contributed by atoms with Crippen molar-refractivity contribution in [2.45, 2.75) is 39.1 Å². The molecule has 1 N–H and O–H groups in total. The fourth-order valence-corrected chi connectivity index (χ4v) is 3.76. The highest BCUT2D eigenvalue weighted by Crippen LogP contribution is 2.21. The van der Waals surface area contributed by atoms with E-state index in [0.29, 0.717) is 25.6 Å². The van der Waals surface area contributed by atoms with Crippen LogP contribution >= 0.6 is 0 Å². The summed E-state index contributed by atoms with van der Waals surface area (Å²) >= 11 is 0. The lowest BCUT2D eigenvalue weighted by atomic mass is 10.2. The predicted octanol–water partition coefficient (Wildman–Crippen LogP) is 3.28. The molecular weight excluding hydrogens is 352 g/mol. The molecule has 0 unspecified atom stereocenters. The normalized spacial score (nSPS) is 19.7. The summed E-state index contributed by atoms with van der Waals surface area (Å²) < 4.78 is 7.74. The third-order valence-corrected chi connectivity index (χ3v) is 5.01. The molecule has 0 aliphatic carbocycles. The monoisotopic (exact) mass is 378 g/mol. The van der Waals surface area contributed by atoms with E-state index >= 15 is 0 Å². The van der Waals surface area contributed by atoms with Gasteiger partial charge in [-0.25, -0.2) is 4.98 Å². The van der Waals surface area contributed by atoms with Crippen LogP contribution in [0.25, 0.3) is 11.0 Å². The number of aromatic nitrogens is 2. The van der Waals surface area contributed by atoms with Crippen molar-refractivity contribution in [3.63, 3.8) is 0 Å². The number of benzene rings is 2. The lowest BCUT2D eigenvalue weighted by molar-refractivity contribution is -0.143. The number of nitrogens with zero attached hydrogens (tertiary/aromatic N) is 3. The van der Waals surface area contributed by atoms with E-state index in [9.17, 15) is 4.79 Å². The van der Waals surface area contributed by atoms with Crippen LogP contribution in [0.4, 0.5) is 5.95 Å². The molecule has 2 heterocycles. The van der Waals surface area contributed by atoms with Gasteiger partial charge in [-0.05, 0) is 31.5 Å². The van der Waals surface area contributed by atoms with Crippen molar-refractivity contribution in [1.29, 1.82) is 0 Å². The summed E-state index contributed by atoms with van der Waals surface area (Å²) in [5.74, 6) is 0.806. The van der Waals surface area contributed by atoms with Crippen molar-refractivity contribution in [3.8, 4) is 0 Å². The van der Waals surface area contributed by atoms with Crippen LogP contribution < -0.4 is 5.32 Å². The van der Waals surface area contributed by atoms with Gasteiger partial charge in [-0.2, -0.15) is 0 Å². The number of amides is 1. The summed E-state index contributed by atoms with van der Waals surface area (Å²) in [5.41, 5.74) is 3.01. The molecular formula is C22H26N4O2. The molecule has 2 aromatic carbocycles. The summed E-state index contributed by atoms with van der Waals surface area (Å²) in [6.07, 6.45) is 0.116. The second kappa shape index (κ2) is 8.02. The Balaban J connectivity index is 1.57. The summed E-state index contributed by atoms with van der Waals surface area (Å²) in [7, 11) is 0. The molecule has 1 aromatic heterocycles. The SMILES string of the molecule is C[C@@H]1CN(C(=O)Cn2c(NCc3ccccc3)nc3ccccc32)C[C@H](C)O1. The molecule has 0 spiro atoms. The topological polar surface area (TPSA) is 59.4 Å². The Morgan fingerprint density at radius 2 is 1.75 bits per heavy atom. The van der Waals surface area contributed by atoms with Crippen molar-refractivity contribution >= 4 is 22.9 Å². The smallest absolute Gasteiger partial charge is 0.242 e. The van der Waals surface area contributed by atoms with E-state index in [1.54, 1.807) is 0 Å². The zero-order chi connectivity index (χ0) is 19.5. The second-order valence-electron chi connectivity index (χ2n) is 7.41. The molecule has 6 nitrogen and oxygen atoms in total. The van der Waals surface area contributed by atoms with Crippen molar-refractivity contribution in [2.24, 2.45) is 0 Å². The summed E-state index contributed by atoms with van der Waals surface area (Å²) in [6.45, 7) is 6.19. The first-order valence-electron chi connectivity index (χ1n) is 9.76. The van der Waals surface area contributed by atoms with E-state index in [2.05, 4.69) is 17.4 Å². The summed E-state index contributed by atoms with van der Waals surface area (Å²) in [6, 6.07) is 18.1. The molecule has 0 radical (unpaired) electrons. The van der Waals surface area contributed by atoms with Gasteiger partial charge in [0.25, 0.3) is 0 Å². The maximum absolute atomic E-state index is 13.0. The van der Waals surface area contributed by atoms with Gasteiger partial charge in [0.1, 0.15) is 6.54 Å². The zero-order valence-corrected chi connectivity index (χ0v) is 16.3. The first-order valence-corrected chi connectivity index (χ1v) is 9.76. The van der Waals surface area contributed by atoms with Gasteiger partial charge in [0, 0.05) is 19.6 Å². The number of anilines is 1. The molecule has 1 aliphatic rings. The minimum Gasteiger partial charge on any atom is -0.372 e. The average molecular weight is 378 g/mol. The van der Waals surface area contributed by atoms with Crippen molar-refractivity contribution in [1.82, 2.24) is 14.5 Å². The van der Waals surface area contributed by atoms with E-state index < -0.39 is 0 Å². The standard InChI is InChI=1S/C22H26N4O2/c1-16-13-25(14-17(2)28-16)21(27)15-26-20-11-7-6-10-19(20)24-22(26)23-12-18-8-4-3-5-9-18/h3-11,16-17H,12-15H2,1-2H3,(H,23,24)/t16-,17+. The highest BCUT2D eigenvalue weighted by Gasteiger charge is 2.26. The minimum atomic E-state index is 0.0582. The number of para-hydroxylation sites is 2. The van der Waals surface area contributed by atoms with Crippen LogP contribution in [-0.2, 0) is 22.6 Å². The lowest BCUT2D eigenvalue weighted by Crippen LogP contribution is -2.49. The van der Waals surface area contributed by atoms with Crippen molar-refractivity contribution < 1.29 is 9.53 Å². The third-order valence-electron chi connectivity index (χ3n) is 5.01. The van der Waals surface area contributed by atoms with E-state index in [-0.39, 0.29) is 24.7 Å². The van der Waals surface area contributed by atoms with Gasteiger partial charge in [-0.15, -0.1) is 0 Å². The van der Waals surface area contributed by atoms with E-state index in [1.807, 2.05) is 65.8 Å². The zero-order valence-electron chi connectivity index (χ0n) is 16.3. The Hall–Kier alpha value is -2.86. The predicted molar refractivity (Wildman–Crippen MR) is 110 cm³/mol. The number of nitrogens with one attached hydrogen (secondary N) is 1. The minimum absolute atomic E-state index is 0.0582. The number of imidazole rings is 1. The molecule has 1 fully saturated rings. The van der Waals surface area contributed by atoms with Gasteiger partial charge < -0.3 is 19.5 Å². The molecule has 0 bridgehead atoms.